The Morgan fingerprint density at radius 3 is 2.42 bits per heavy atom. The predicted octanol–water partition coefficient (Wildman–Crippen LogP) is 3.08. The van der Waals surface area contributed by atoms with Gasteiger partial charge in [0.05, 0.1) is 18.7 Å². The van der Waals surface area contributed by atoms with Crippen molar-refractivity contribution in [3.63, 3.8) is 0 Å². The Bertz CT molecular complexity index is 888. The highest BCUT2D eigenvalue weighted by Crippen LogP contribution is 2.46. The number of aliphatic hydroxyl groups is 1. The highest BCUT2D eigenvalue weighted by Gasteiger charge is 2.54. The van der Waals surface area contributed by atoms with Crippen LogP contribution >= 0.6 is 0 Å². The number of carbonyl (C=O) groups excluding carboxylic acids is 1. The maximum Gasteiger partial charge on any atom is 0.227 e. The number of hydrogen-bond donors (Lipinski definition) is 1. The smallest absolute Gasteiger partial charge is 0.227 e. The number of nitrogens with zero attached hydrogens (tertiary/aromatic N) is 2. The van der Waals surface area contributed by atoms with Crippen LogP contribution in [0.15, 0.2) is 48.5 Å². The summed E-state index contributed by atoms with van der Waals surface area (Å²) in [6.07, 6.45) is 1.70. The second-order valence-corrected chi connectivity index (χ2v) is 6.94. The van der Waals surface area contributed by atoms with Crippen LogP contribution in [-0.2, 0) is 4.79 Å². The minimum atomic E-state index is -0.631. The normalized spacial score (nSPS) is 24.7. The van der Waals surface area contributed by atoms with E-state index in [-0.39, 0.29) is 30.2 Å². The number of halogens is 1. The Kier molecular flexibility index (Phi) is 4.21. The van der Waals surface area contributed by atoms with Gasteiger partial charge in [-0.1, -0.05) is 42.5 Å². The van der Waals surface area contributed by atoms with Gasteiger partial charge in [-0.2, -0.15) is 5.26 Å². The van der Waals surface area contributed by atoms with Crippen LogP contribution in [0.4, 0.5) is 4.39 Å². The van der Waals surface area contributed by atoms with Gasteiger partial charge in [-0.25, -0.2) is 4.39 Å². The minimum Gasteiger partial charge on any atom is -0.394 e. The van der Waals surface area contributed by atoms with Gasteiger partial charge in [-0.05, 0) is 30.0 Å². The monoisotopic (exact) mass is 350 g/mol. The fourth-order valence-electron chi connectivity index (χ4n) is 3.94. The highest BCUT2D eigenvalue weighted by atomic mass is 19.1. The molecule has 0 spiro atoms. The van der Waals surface area contributed by atoms with E-state index >= 15 is 0 Å². The van der Waals surface area contributed by atoms with Gasteiger partial charge in [0.2, 0.25) is 5.91 Å². The first-order valence-electron chi connectivity index (χ1n) is 8.84. The molecule has 2 aromatic rings. The molecule has 132 valence electrons. The molecule has 2 aromatic carbocycles. The summed E-state index contributed by atoms with van der Waals surface area (Å²) >= 11 is 0. The molecule has 1 aliphatic carbocycles. The fraction of sp³-hybridized carbons (Fsp3) is 0.333. The van der Waals surface area contributed by atoms with E-state index in [1.807, 2.05) is 24.3 Å². The first kappa shape index (κ1) is 16.7. The Morgan fingerprint density at radius 2 is 1.81 bits per heavy atom. The van der Waals surface area contributed by atoms with Gasteiger partial charge < -0.3 is 10.0 Å². The second-order valence-electron chi connectivity index (χ2n) is 6.94. The van der Waals surface area contributed by atoms with E-state index in [4.69, 9.17) is 0 Å². The molecule has 0 bridgehead atoms. The first-order valence-corrected chi connectivity index (χ1v) is 8.84. The zero-order valence-electron chi connectivity index (χ0n) is 14.2. The van der Waals surface area contributed by atoms with E-state index < -0.39 is 12.1 Å². The lowest BCUT2D eigenvalue weighted by Crippen LogP contribution is -2.65. The van der Waals surface area contributed by atoms with Crippen molar-refractivity contribution >= 4 is 5.91 Å². The topological polar surface area (TPSA) is 64.3 Å². The molecule has 4 nitrogen and oxygen atoms in total. The molecule has 3 atom stereocenters. The van der Waals surface area contributed by atoms with Crippen LogP contribution in [0, 0.1) is 23.1 Å². The van der Waals surface area contributed by atoms with Crippen molar-refractivity contribution in [2.24, 2.45) is 5.92 Å². The summed E-state index contributed by atoms with van der Waals surface area (Å²) in [4.78, 5) is 14.0. The summed E-state index contributed by atoms with van der Waals surface area (Å²) in [7, 11) is 0. The average Bonchev–Trinajstić information content (AvgIpc) is 3.48. The van der Waals surface area contributed by atoms with Crippen molar-refractivity contribution in [3.05, 3.63) is 59.9 Å². The van der Waals surface area contributed by atoms with Crippen molar-refractivity contribution in [1.82, 2.24) is 4.90 Å². The van der Waals surface area contributed by atoms with Crippen LogP contribution < -0.4 is 0 Å². The molecular formula is C21H19FN2O2. The van der Waals surface area contributed by atoms with Gasteiger partial charge >= 0.3 is 0 Å². The molecule has 1 saturated carbocycles. The van der Waals surface area contributed by atoms with E-state index in [0.29, 0.717) is 11.1 Å². The molecule has 1 amide bonds. The van der Waals surface area contributed by atoms with Crippen LogP contribution in [0.3, 0.4) is 0 Å². The molecule has 1 heterocycles. The van der Waals surface area contributed by atoms with Crippen molar-refractivity contribution in [2.75, 3.05) is 6.61 Å². The van der Waals surface area contributed by atoms with Crippen molar-refractivity contribution in [1.29, 1.82) is 5.26 Å². The van der Waals surface area contributed by atoms with Crippen LogP contribution in [0.5, 0.6) is 0 Å². The van der Waals surface area contributed by atoms with Gasteiger partial charge in [0, 0.05) is 17.4 Å². The third-order valence-corrected chi connectivity index (χ3v) is 5.40. The standard InChI is InChI=1S/C21H19FN2O2/c22-17-8-4-3-6-15(17)14-5-1-2-7-16(14)20-18(11-23)24(19(20)12-25)21(26)13-9-10-13/h1-8,13,18-20,25H,9-10,12H2/t18-,19-,20+/m0/s1. The predicted molar refractivity (Wildman–Crippen MR) is 94.4 cm³/mol. The third kappa shape index (κ3) is 2.58. The first-order chi connectivity index (χ1) is 12.7. The molecule has 26 heavy (non-hydrogen) atoms. The van der Waals surface area contributed by atoms with E-state index in [9.17, 15) is 19.6 Å². The van der Waals surface area contributed by atoms with Crippen molar-refractivity contribution in [3.8, 4) is 17.2 Å². The van der Waals surface area contributed by atoms with E-state index in [1.165, 1.54) is 11.0 Å². The lowest BCUT2D eigenvalue weighted by Gasteiger charge is -2.52. The van der Waals surface area contributed by atoms with Gasteiger partial charge in [-0.15, -0.1) is 0 Å². The summed E-state index contributed by atoms with van der Waals surface area (Å²) in [5, 5.41) is 19.6. The summed E-state index contributed by atoms with van der Waals surface area (Å²) in [5.41, 5.74) is 1.96. The number of nitriles is 1. The summed E-state index contributed by atoms with van der Waals surface area (Å²) < 4.78 is 14.3. The van der Waals surface area contributed by atoms with Gasteiger partial charge in [0.25, 0.3) is 0 Å². The third-order valence-electron chi connectivity index (χ3n) is 5.40. The molecule has 1 saturated heterocycles. The maximum absolute atomic E-state index is 14.3. The molecule has 0 unspecified atom stereocenters. The zero-order valence-corrected chi connectivity index (χ0v) is 14.2. The number of hydrogen-bond acceptors (Lipinski definition) is 3. The second kappa shape index (κ2) is 6.54. The Morgan fingerprint density at radius 1 is 1.15 bits per heavy atom. The molecular weight excluding hydrogens is 331 g/mol. The number of rotatable bonds is 4. The Labute approximate surface area is 151 Å². The van der Waals surface area contributed by atoms with Gasteiger partial charge in [0.1, 0.15) is 11.9 Å². The van der Waals surface area contributed by atoms with Crippen LogP contribution in [0.2, 0.25) is 0 Å². The lowest BCUT2D eigenvalue weighted by atomic mass is 9.73. The van der Waals surface area contributed by atoms with Gasteiger partial charge in [-0.3, -0.25) is 4.79 Å². The molecule has 1 N–H and O–H groups in total. The number of aliphatic hydroxyl groups excluding tert-OH is 1. The summed E-state index contributed by atoms with van der Waals surface area (Å²) in [6, 6.07) is 15.0. The molecule has 0 aromatic heterocycles. The molecule has 5 heteroatoms. The number of likely N-dealkylation sites (tertiary alicyclic amines) is 1. The summed E-state index contributed by atoms with van der Waals surface area (Å²) in [6.45, 7) is -0.215. The molecule has 4 rings (SSSR count). The largest absolute Gasteiger partial charge is 0.394 e. The number of benzene rings is 2. The van der Waals surface area contributed by atoms with E-state index in [2.05, 4.69) is 6.07 Å². The average molecular weight is 350 g/mol. The summed E-state index contributed by atoms with van der Waals surface area (Å²) in [5.74, 6) is -0.722. The SMILES string of the molecule is N#C[C@H]1[C@@H](c2ccccc2-c2ccccc2F)[C@H](CO)N1C(=O)C1CC1. The molecule has 2 fully saturated rings. The molecule has 1 aliphatic heterocycles. The van der Waals surface area contributed by atoms with Crippen LogP contribution in [0.1, 0.15) is 24.3 Å². The van der Waals surface area contributed by atoms with Crippen molar-refractivity contribution in [2.45, 2.75) is 30.8 Å². The number of carbonyl (C=O) groups is 1. The molecule has 2 aliphatic rings. The minimum absolute atomic E-state index is 0.0114. The highest BCUT2D eigenvalue weighted by molar-refractivity contribution is 5.84. The maximum atomic E-state index is 14.3. The Hall–Kier alpha value is -2.71. The Balaban J connectivity index is 1.75. The van der Waals surface area contributed by atoms with E-state index in [0.717, 1.165) is 18.4 Å². The number of amides is 1. The van der Waals surface area contributed by atoms with Gasteiger partial charge in [0.15, 0.2) is 0 Å². The molecule has 0 radical (unpaired) electrons. The zero-order chi connectivity index (χ0) is 18.3. The lowest BCUT2D eigenvalue weighted by molar-refractivity contribution is -0.148. The fourth-order valence-corrected chi connectivity index (χ4v) is 3.94. The quantitative estimate of drug-likeness (QED) is 0.922. The van der Waals surface area contributed by atoms with Crippen molar-refractivity contribution < 1.29 is 14.3 Å². The van der Waals surface area contributed by atoms with Crippen LogP contribution in [0.25, 0.3) is 11.1 Å². The van der Waals surface area contributed by atoms with Crippen LogP contribution in [-0.4, -0.2) is 34.6 Å². The van der Waals surface area contributed by atoms with E-state index in [1.54, 1.807) is 18.2 Å².